The molecule has 2 N–H and O–H groups in total. The first-order chi connectivity index (χ1) is 14.6. The van der Waals surface area contributed by atoms with Gasteiger partial charge in [-0.2, -0.15) is 0 Å². The van der Waals surface area contributed by atoms with E-state index in [1.807, 2.05) is 6.92 Å². The molecule has 156 valence electrons. The molecule has 9 heteroatoms. The maximum atomic E-state index is 12.9. The minimum atomic E-state index is -0.625. The number of carbonyl (C=O) groups is 1. The predicted molar refractivity (Wildman–Crippen MR) is 111 cm³/mol. The second-order valence-corrected chi connectivity index (χ2v) is 8.18. The molecule has 2 fully saturated rings. The van der Waals surface area contributed by atoms with Gasteiger partial charge in [-0.15, -0.1) is 0 Å². The van der Waals surface area contributed by atoms with Crippen molar-refractivity contribution in [1.29, 1.82) is 0 Å². The summed E-state index contributed by atoms with van der Waals surface area (Å²) < 4.78 is 14.6. The fraction of sp³-hybridized carbons (Fsp3) is 0.429. The van der Waals surface area contributed by atoms with E-state index in [0.29, 0.717) is 22.9 Å². The van der Waals surface area contributed by atoms with Crippen molar-refractivity contribution < 1.29 is 9.18 Å². The molecule has 5 rings (SSSR count). The zero-order chi connectivity index (χ0) is 20.7. The predicted octanol–water partition coefficient (Wildman–Crippen LogP) is 2.34. The standard InChI is InChI=1S/C21H24FN7O/c1-13-4-16(11-29-12-17(5-22)26-20(13)29)27-21(30)18-7-25-19(8-24-18)28-9-14(10-28)6-23-15-2-3-15/h4,7-8,11-12,14-15,23H,2-3,5-6,9-10H2,1H3,(H,27,30). The van der Waals surface area contributed by atoms with Crippen molar-refractivity contribution in [1.82, 2.24) is 24.7 Å². The molecule has 1 aliphatic carbocycles. The van der Waals surface area contributed by atoms with Gasteiger partial charge < -0.3 is 19.9 Å². The Labute approximate surface area is 173 Å². The lowest BCUT2D eigenvalue weighted by Crippen LogP contribution is -2.51. The lowest BCUT2D eigenvalue weighted by atomic mass is 10.0. The van der Waals surface area contributed by atoms with Crippen LogP contribution in [0.15, 0.2) is 30.9 Å². The highest BCUT2D eigenvalue weighted by Gasteiger charge is 2.30. The quantitative estimate of drug-likeness (QED) is 0.623. The average molecular weight is 409 g/mol. The molecule has 0 unspecified atom stereocenters. The highest BCUT2D eigenvalue weighted by atomic mass is 19.1. The van der Waals surface area contributed by atoms with Gasteiger partial charge in [0.05, 0.1) is 23.8 Å². The van der Waals surface area contributed by atoms with E-state index in [2.05, 4.69) is 30.5 Å². The molecule has 8 nitrogen and oxygen atoms in total. The lowest BCUT2D eigenvalue weighted by Gasteiger charge is -2.40. The van der Waals surface area contributed by atoms with Crippen molar-refractivity contribution in [2.45, 2.75) is 32.5 Å². The first-order valence-corrected chi connectivity index (χ1v) is 10.2. The number of nitrogens with one attached hydrogen (secondary N) is 2. The third-order valence-corrected chi connectivity index (χ3v) is 5.60. The van der Waals surface area contributed by atoms with Crippen LogP contribution in [0.5, 0.6) is 0 Å². The van der Waals surface area contributed by atoms with Crippen LogP contribution in [0, 0.1) is 12.8 Å². The van der Waals surface area contributed by atoms with Crippen LogP contribution in [-0.2, 0) is 6.67 Å². The van der Waals surface area contributed by atoms with E-state index >= 15 is 0 Å². The van der Waals surface area contributed by atoms with Crippen molar-refractivity contribution in [2.24, 2.45) is 5.92 Å². The van der Waals surface area contributed by atoms with Crippen LogP contribution in [0.2, 0.25) is 0 Å². The Morgan fingerprint density at radius 1 is 1.23 bits per heavy atom. The topological polar surface area (TPSA) is 87.5 Å². The van der Waals surface area contributed by atoms with Gasteiger partial charge in [-0.3, -0.25) is 4.79 Å². The normalized spacial score (nSPS) is 16.7. The first-order valence-electron chi connectivity index (χ1n) is 10.2. The summed E-state index contributed by atoms with van der Waals surface area (Å²) in [7, 11) is 0. The molecule has 0 atom stereocenters. The molecule has 2 aliphatic rings. The van der Waals surface area contributed by atoms with Gasteiger partial charge in [-0.05, 0) is 31.4 Å². The number of amides is 1. The van der Waals surface area contributed by atoms with E-state index in [4.69, 9.17) is 0 Å². The zero-order valence-corrected chi connectivity index (χ0v) is 16.8. The molecular formula is C21H24FN7O. The summed E-state index contributed by atoms with van der Waals surface area (Å²) >= 11 is 0. The Bertz CT molecular complexity index is 1070. The minimum Gasteiger partial charge on any atom is -0.355 e. The SMILES string of the molecule is Cc1cc(NC(=O)c2cnc(N3CC(CNC4CC4)C3)cn2)cn2cc(CF)nc12. The Balaban J connectivity index is 1.21. The third kappa shape index (κ3) is 3.85. The molecule has 1 saturated heterocycles. The van der Waals surface area contributed by atoms with Crippen LogP contribution in [0.4, 0.5) is 15.9 Å². The average Bonchev–Trinajstić information content (AvgIpc) is 3.44. The Morgan fingerprint density at radius 2 is 2.07 bits per heavy atom. The van der Waals surface area contributed by atoms with Crippen molar-refractivity contribution in [3.63, 3.8) is 0 Å². The molecule has 3 aromatic rings. The number of hydrogen-bond acceptors (Lipinski definition) is 6. The van der Waals surface area contributed by atoms with Gasteiger partial charge in [0.2, 0.25) is 0 Å². The second kappa shape index (κ2) is 7.64. The summed E-state index contributed by atoms with van der Waals surface area (Å²) in [5.41, 5.74) is 2.72. The van der Waals surface area contributed by atoms with E-state index in [9.17, 15) is 9.18 Å². The van der Waals surface area contributed by atoms with Crippen molar-refractivity contribution in [3.05, 3.63) is 47.8 Å². The molecule has 1 saturated carbocycles. The van der Waals surface area contributed by atoms with Crippen LogP contribution in [0.3, 0.4) is 0 Å². The number of nitrogens with zero attached hydrogens (tertiary/aromatic N) is 5. The number of fused-ring (bicyclic) bond motifs is 1. The molecule has 4 heterocycles. The number of aryl methyl sites for hydroxylation is 1. The summed E-state index contributed by atoms with van der Waals surface area (Å²) in [5.74, 6) is 1.10. The van der Waals surface area contributed by atoms with Crippen molar-refractivity contribution >= 4 is 23.1 Å². The summed E-state index contributed by atoms with van der Waals surface area (Å²) in [4.78, 5) is 27.7. The summed E-state index contributed by atoms with van der Waals surface area (Å²) in [6.45, 7) is 4.23. The van der Waals surface area contributed by atoms with Gasteiger partial charge in [-0.1, -0.05) is 0 Å². The molecule has 0 radical (unpaired) electrons. The van der Waals surface area contributed by atoms with Gasteiger partial charge in [-0.25, -0.2) is 19.3 Å². The van der Waals surface area contributed by atoms with Crippen LogP contribution in [-0.4, -0.2) is 50.9 Å². The molecule has 30 heavy (non-hydrogen) atoms. The van der Waals surface area contributed by atoms with Crippen LogP contribution in [0.1, 0.15) is 34.6 Å². The number of hydrogen-bond donors (Lipinski definition) is 2. The number of halogens is 1. The van der Waals surface area contributed by atoms with Gasteiger partial charge >= 0.3 is 0 Å². The zero-order valence-electron chi connectivity index (χ0n) is 16.8. The van der Waals surface area contributed by atoms with Crippen molar-refractivity contribution in [2.75, 3.05) is 29.9 Å². The van der Waals surface area contributed by atoms with Crippen LogP contribution >= 0.6 is 0 Å². The van der Waals surface area contributed by atoms with Crippen LogP contribution < -0.4 is 15.5 Å². The molecule has 1 amide bonds. The molecule has 0 aromatic carbocycles. The highest BCUT2D eigenvalue weighted by Crippen LogP contribution is 2.24. The van der Waals surface area contributed by atoms with Gasteiger partial charge in [0.1, 0.15) is 23.8 Å². The smallest absolute Gasteiger partial charge is 0.275 e. The molecule has 3 aromatic heterocycles. The molecular weight excluding hydrogens is 385 g/mol. The van der Waals surface area contributed by atoms with Crippen molar-refractivity contribution in [3.8, 4) is 0 Å². The van der Waals surface area contributed by atoms with E-state index in [0.717, 1.165) is 37.1 Å². The fourth-order valence-electron chi connectivity index (χ4n) is 3.76. The monoisotopic (exact) mass is 409 g/mol. The summed E-state index contributed by atoms with van der Waals surface area (Å²) in [5, 5.41) is 6.39. The first kappa shape index (κ1) is 18.9. The van der Waals surface area contributed by atoms with E-state index in [1.54, 1.807) is 29.1 Å². The number of rotatable bonds is 7. The second-order valence-electron chi connectivity index (χ2n) is 8.18. The van der Waals surface area contributed by atoms with E-state index < -0.39 is 6.67 Å². The number of anilines is 2. The summed E-state index contributed by atoms with van der Waals surface area (Å²) in [6.07, 6.45) is 9.10. The van der Waals surface area contributed by atoms with Gasteiger partial charge in [0.15, 0.2) is 0 Å². The lowest BCUT2D eigenvalue weighted by molar-refractivity contribution is 0.102. The van der Waals surface area contributed by atoms with Gasteiger partial charge in [0, 0.05) is 44.0 Å². The largest absolute Gasteiger partial charge is 0.355 e. The highest BCUT2D eigenvalue weighted by molar-refractivity contribution is 6.02. The minimum absolute atomic E-state index is 0.249. The molecule has 0 spiro atoms. The number of imidazole rings is 1. The Morgan fingerprint density at radius 3 is 2.77 bits per heavy atom. The molecule has 1 aliphatic heterocycles. The number of alkyl halides is 1. The maximum Gasteiger partial charge on any atom is 0.275 e. The maximum absolute atomic E-state index is 12.9. The van der Waals surface area contributed by atoms with Gasteiger partial charge in [0.25, 0.3) is 5.91 Å². The summed E-state index contributed by atoms with van der Waals surface area (Å²) in [6, 6.07) is 2.54. The van der Waals surface area contributed by atoms with Crippen LogP contribution in [0.25, 0.3) is 5.65 Å². The van der Waals surface area contributed by atoms with E-state index in [1.165, 1.54) is 19.0 Å². The number of carbonyl (C=O) groups excluding carboxylic acids is 1. The Hall–Kier alpha value is -3.07. The number of aromatic nitrogens is 4. The fourth-order valence-corrected chi connectivity index (χ4v) is 3.76. The van der Waals surface area contributed by atoms with E-state index in [-0.39, 0.29) is 11.6 Å². The third-order valence-electron chi connectivity index (χ3n) is 5.60. The number of pyridine rings is 1. The Kier molecular flexibility index (Phi) is 4.82. The molecule has 0 bridgehead atoms.